The van der Waals surface area contributed by atoms with Crippen LogP contribution in [0.1, 0.15) is 26.7 Å². The molecule has 4 nitrogen and oxygen atoms in total. The summed E-state index contributed by atoms with van der Waals surface area (Å²) in [5, 5.41) is 0. The number of rotatable bonds is 7. The molecule has 0 atom stereocenters. The summed E-state index contributed by atoms with van der Waals surface area (Å²) in [6, 6.07) is 9.42. The molecule has 1 saturated heterocycles. The zero-order valence-electron chi connectivity index (χ0n) is 14.9. The zero-order chi connectivity index (χ0) is 18.9. The molecule has 1 aliphatic rings. The van der Waals surface area contributed by atoms with Gasteiger partial charge >= 0.3 is 0 Å². The Hall–Kier alpha value is -2.18. The molecule has 1 aromatic carbocycles. The third kappa shape index (κ3) is 5.41. The van der Waals surface area contributed by atoms with Gasteiger partial charge in [0.1, 0.15) is 4.32 Å². The highest BCUT2D eigenvalue weighted by molar-refractivity contribution is 8.26. The number of carbonyl (C=O) groups is 2. The minimum atomic E-state index is -0.0716. The van der Waals surface area contributed by atoms with E-state index in [2.05, 4.69) is 6.92 Å². The van der Waals surface area contributed by atoms with Crippen molar-refractivity contribution in [1.82, 2.24) is 4.90 Å². The number of hydrogen-bond acceptors (Lipinski definition) is 4. The van der Waals surface area contributed by atoms with Gasteiger partial charge in [0.2, 0.25) is 5.91 Å². The summed E-state index contributed by atoms with van der Waals surface area (Å²) in [6.07, 6.45) is 10.8. The van der Waals surface area contributed by atoms with Gasteiger partial charge in [0.15, 0.2) is 0 Å². The molecule has 1 fully saturated rings. The Balaban J connectivity index is 2.00. The van der Waals surface area contributed by atoms with E-state index in [1.165, 1.54) is 18.7 Å². The summed E-state index contributed by atoms with van der Waals surface area (Å²) in [6.45, 7) is 4.28. The summed E-state index contributed by atoms with van der Waals surface area (Å²) in [7, 11) is 0. The highest BCUT2D eigenvalue weighted by Gasteiger charge is 2.30. The number of carbonyl (C=O) groups excluding carboxylic acids is 2. The van der Waals surface area contributed by atoms with Gasteiger partial charge in [-0.3, -0.25) is 19.4 Å². The largest absolute Gasteiger partial charge is 0.293 e. The number of unbranched alkanes of at least 4 members (excludes halogenated alkanes) is 1. The molecule has 26 heavy (non-hydrogen) atoms. The molecule has 0 N–H and O–H groups in total. The first-order valence-corrected chi connectivity index (χ1v) is 9.70. The second-order valence-electron chi connectivity index (χ2n) is 5.66. The van der Waals surface area contributed by atoms with Gasteiger partial charge in [-0.1, -0.05) is 67.7 Å². The maximum absolute atomic E-state index is 12.3. The van der Waals surface area contributed by atoms with Crippen molar-refractivity contribution in [2.24, 2.45) is 0 Å². The van der Waals surface area contributed by atoms with Crippen molar-refractivity contribution in [1.29, 1.82) is 0 Å². The molecule has 1 heterocycles. The van der Waals surface area contributed by atoms with Crippen molar-refractivity contribution in [2.45, 2.75) is 26.7 Å². The van der Waals surface area contributed by atoms with E-state index in [1.54, 1.807) is 40.3 Å². The number of thiocarbonyl (C=S) groups is 1. The molecule has 0 aromatic heterocycles. The normalized spacial score (nSPS) is 16.4. The Bertz CT molecular complexity index is 754. The molecule has 6 heteroatoms. The molecule has 0 aliphatic carbocycles. The van der Waals surface area contributed by atoms with Crippen molar-refractivity contribution < 1.29 is 9.59 Å². The number of anilines is 1. The predicted molar refractivity (Wildman–Crippen MR) is 113 cm³/mol. The first-order chi connectivity index (χ1) is 12.5. The van der Waals surface area contributed by atoms with Crippen molar-refractivity contribution in [3.8, 4) is 0 Å². The molecule has 2 rings (SSSR count). The zero-order valence-corrected chi connectivity index (χ0v) is 16.6. The quantitative estimate of drug-likeness (QED) is 0.388. The molecule has 2 amide bonds. The van der Waals surface area contributed by atoms with Crippen LogP contribution in [0.3, 0.4) is 0 Å². The van der Waals surface area contributed by atoms with Crippen LogP contribution in [-0.2, 0) is 9.59 Å². The fourth-order valence-electron chi connectivity index (χ4n) is 2.33. The molecule has 1 aromatic rings. The van der Waals surface area contributed by atoms with Crippen LogP contribution in [0.2, 0.25) is 0 Å². The molecule has 0 saturated carbocycles. The number of allylic oxidation sites excluding steroid dienone is 4. The van der Waals surface area contributed by atoms with Crippen LogP contribution < -0.4 is 4.90 Å². The average molecular weight is 387 g/mol. The highest BCUT2D eigenvalue weighted by Crippen LogP contribution is 2.31. The van der Waals surface area contributed by atoms with Gasteiger partial charge in [0, 0.05) is 25.4 Å². The van der Waals surface area contributed by atoms with Crippen molar-refractivity contribution in [3.63, 3.8) is 0 Å². The molecular formula is C20H22N2O2S2. The topological polar surface area (TPSA) is 40.6 Å². The van der Waals surface area contributed by atoms with Crippen LogP contribution >= 0.6 is 24.0 Å². The van der Waals surface area contributed by atoms with Gasteiger partial charge in [-0.05, 0) is 30.7 Å². The van der Waals surface area contributed by atoms with E-state index in [0.29, 0.717) is 15.8 Å². The number of amides is 2. The summed E-state index contributed by atoms with van der Waals surface area (Å²) >= 11 is 6.60. The first-order valence-electron chi connectivity index (χ1n) is 8.48. The smallest absolute Gasteiger partial charge is 0.266 e. The Morgan fingerprint density at radius 3 is 2.62 bits per heavy atom. The Labute approximate surface area is 164 Å². The molecule has 0 bridgehead atoms. The summed E-state index contributed by atoms with van der Waals surface area (Å²) in [5.41, 5.74) is 0.807. The third-order valence-corrected chi connectivity index (χ3v) is 5.08. The summed E-state index contributed by atoms with van der Waals surface area (Å²) in [5.74, 6) is -0.102. The van der Waals surface area contributed by atoms with E-state index in [1.807, 2.05) is 30.3 Å². The van der Waals surface area contributed by atoms with Crippen molar-refractivity contribution >= 4 is 45.8 Å². The summed E-state index contributed by atoms with van der Waals surface area (Å²) < 4.78 is 0.616. The second kappa shape index (κ2) is 10.1. The van der Waals surface area contributed by atoms with Crippen LogP contribution in [0.25, 0.3) is 0 Å². The van der Waals surface area contributed by atoms with Gasteiger partial charge < -0.3 is 0 Å². The fourth-order valence-corrected chi connectivity index (χ4v) is 3.59. The predicted octanol–water partition coefficient (Wildman–Crippen LogP) is 4.65. The lowest BCUT2D eigenvalue weighted by Crippen LogP contribution is -2.28. The monoisotopic (exact) mass is 386 g/mol. The third-order valence-electron chi connectivity index (χ3n) is 3.69. The molecule has 136 valence electrons. The lowest BCUT2D eigenvalue weighted by Gasteiger charge is -2.15. The molecule has 1 aliphatic heterocycles. The van der Waals surface area contributed by atoms with Crippen LogP contribution in [0.15, 0.2) is 65.7 Å². The number of hydrogen-bond donors (Lipinski definition) is 0. The van der Waals surface area contributed by atoms with E-state index < -0.39 is 0 Å². The maximum atomic E-state index is 12.3. The van der Waals surface area contributed by atoms with Crippen LogP contribution in [-0.4, -0.2) is 27.6 Å². The lowest BCUT2D eigenvalue weighted by atomic mass is 10.3. The lowest BCUT2D eigenvalue weighted by molar-refractivity contribution is -0.122. The molecule has 0 radical (unpaired) electrons. The molecule has 0 spiro atoms. The van der Waals surface area contributed by atoms with Gasteiger partial charge in [-0.2, -0.15) is 0 Å². The van der Waals surface area contributed by atoms with Crippen molar-refractivity contribution in [3.05, 3.63) is 65.7 Å². The highest BCUT2D eigenvalue weighted by atomic mass is 32.2. The van der Waals surface area contributed by atoms with E-state index in [-0.39, 0.29) is 11.8 Å². The van der Waals surface area contributed by atoms with Crippen LogP contribution in [0.4, 0.5) is 5.69 Å². The Morgan fingerprint density at radius 2 is 1.96 bits per heavy atom. The minimum absolute atomic E-state index is 0.0308. The van der Waals surface area contributed by atoms with Crippen LogP contribution in [0, 0.1) is 0 Å². The average Bonchev–Trinajstić information content (AvgIpc) is 2.90. The standard InChI is InChI=1S/C20H22N2O2S2/c1-3-4-14-22-19(24)18(26-20(22)25)13-9-6-10-15-21(16(2)23)17-11-7-5-8-12-17/h5-13,15H,3-4,14H2,1-2H3/b9-6+,15-10-,18-13-. The van der Waals surface area contributed by atoms with Gasteiger partial charge in [0.25, 0.3) is 5.91 Å². The van der Waals surface area contributed by atoms with Gasteiger partial charge in [-0.15, -0.1) is 0 Å². The van der Waals surface area contributed by atoms with E-state index in [4.69, 9.17) is 12.2 Å². The molecular weight excluding hydrogens is 364 g/mol. The van der Waals surface area contributed by atoms with Crippen LogP contribution in [0.5, 0.6) is 0 Å². The SMILES string of the molecule is CCCCN1C(=O)/C(=C/C=C/C=C\N(C(C)=O)c2ccccc2)SC1=S. The fraction of sp³-hybridized carbons (Fsp3) is 0.250. The Morgan fingerprint density at radius 1 is 1.23 bits per heavy atom. The first kappa shape index (κ1) is 20.1. The number of nitrogens with zero attached hydrogens (tertiary/aromatic N) is 2. The summed E-state index contributed by atoms with van der Waals surface area (Å²) in [4.78, 5) is 28.0. The minimum Gasteiger partial charge on any atom is -0.293 e. The van der Waals surface area contributed by atoms with E-state index in [9.17, 15) is 9.59 Å². The van der Waals surface area contributed by atoms with Gasteiger partial charge in [-0.25, -0.2) is 0 Å². The molecule has 0 unspecified atom stereocenters. The van der Waals surface area contributed by atoms with Gasteiger partial charge in [0.05, 0.1) is 4.91 Å². The van der Waals surface area contributed by atoms with Crippen molar-refractivity contribution in [2.75, 3.05) is 11.4 Å². The Kier molecular flexibility index (Phi) is 7.81. The number of para-hydroxylation sites is 1. The number of benzene rings is 1. The maximum Gasteiger partial charge on any atom is 0.266 e. The number of thioether (sulfide) groups is 1. The van der Waals surface area contributed by atoms with E-state index >= 15 is 0 Å². The second-order valence-corrected chi connectivity index (χ2v) is 7.34. The van der Waals surface area contributed by atoms with E-state index in [0.717, 1.165) is 18.5 Å².